The second-order valence-electron chi connectivity index (χ2n) is 8.99. The molecule has 0 atom stereocenters. The molecule has 0 saturated carbocycles. The van der Waals surface area contributed by atoms with Gasteiger partial charge in [0.25, 0.3) is 5.56 Å². The Morgan fingerprint density at radius 2 is 2.03 bits per heavy atom. The molecule has 33 heavy (non-hydrogen) atoms. The molecule has 1 amide bonds. The first-order chi connectivity index (χ1) is 15.7. The molecule has 1 aliphatic rings. The third-order valence-electron chi connectivity index (χ3n) is 5.93. The second-order valence-corrected chi connectivity index (χ2v) is 8.99. The van der Waals surface area contributed by atoms with E-state index in [4.69, 9.17) is 10.5 Å². The number of unbranched alkanes of at least 4 members (excludes halogenated alkanes) is 1. The highest BCUT2D eigenvalue weighted by atomic mass is 16.5. The summed E-state index contributed by atoms with van der Waals surface area (Å²) in [5.41, 5.74) is 7.56. The van der Waals surface area contributed by atoms with Crippen LogP contribution in [-0.4, -0.2) is 47.1 Å². The maximum Gasteiger partial charge on any atom is 0.330 e. The van der Waals surface area contributed by atoms with E-state index in [0.717, 1.165) is 30.7 Å². The third-order valence-corrected chi connectivity index (χ3v) is 5.93. The maximum absolute atomic E-state index is 13.4. The molecule has 0 spiro atoms. The molecule has 0 radical (unpaired) electrons. The predicted octanol–water partition coefficient (Wildman–Crippen LogP) is 1.97. The van der Waals surface area contributed by atoms with E-state index in [2.05, 4.69) is 16.0 Å². The smallest absolute Gasteiger partial charge is 0.330 e. The molecule has 0 saturated heterocycles. The Morgan fingerprint density at radius 1 is 1.27 bits per heavy atom. The molecule has 9 heteroatoms. The van der Waals surface area contributed by atoms with Gasteiger partial charge in [-0.3, -0.25) is 24.0 Å². The van der Waals surface area contributed by atoms with E-state index in [1.807, 2.05) is 32.9 Å². The Bertz CT molecular complexity index is 1110. The summed E-state index contributed by atoms with van der Waals surface area (Å²) in [6, 6.07) is 6.03. The number of nitrogen functional groups attached to an aromatic ring is 1. The molecule has 1 aromatic carbocycles. The number of hydrogen-bond acceptors (Lipinski definition) is 6. The number of ether oxygens (including phenoxy) is 1. The fourth-order valence-corrected chi connectivity index (χ4v) is 4.19. The van der Waals surface area contributed by atoms with E-state index >= 15 is 0 Å². The molecular formula is C24H35N5O4. The number of carbonyl (C=O) groups excluding carboxylic acids is 1. The van der Waals surface area contributed by atoms with Crippen LogP contribution in [0.1, 0.15) is 44.7 Å². The van der Waals surface area contributed by atoms with Crippen molar-refractivity contribution >= 4 is 17.4 Å². The van der Waals surface area contributed by atoms with Gasteiger partial charge in [0.15, 0.2) is 5.69 Å². The maximum atomic E-state index is 13.4. The number of fused-ring (bicyclic) bond motifs is 1. The SMILES string of the molecule is CCCCN(C(=O)CN1CCc2ccc(OC)cc2C1)c1c(N)n(CC(C)C)c(=O)[nH]c1=O. The van der Waals surface area contributed by atoms with Gasteiger partial charge in [-0.25, -0.2) is 4.79 Å². The minimum Gasteiger partial charge on any atom is -0.497 e. The Balaban J connectivity index is 1.88. The quantitative estimate of drug-likeness (QED) is 0.595. The summed E-state index contributed by atoms with van der Waals surface area (Å²) in [7, 11) is 1.64. The molecule has 3 rings (SSSR count). The molecule has 0 bridgehead atoms. The third kappa shape index (κ3) is 5.65. The summed E-state index contributed by atoms with van der Waals surface area (Å²) in [5.74, 6) is 0.768. The molecular weight excluding hydrogens is 422 g/mol. The van der Waals surface area contributed by atoms with Crippen molar-refractivity contribution in [1.82, 2.24) is 14.5 Å². The molecule has 9 nitrogen and oxygen atoms in total. The Kier molecular flexibility index (Phi) is 7.97. The molecule has 0 unspecified atom stereocenters. The van der Waals surface area contributed by atoms with Crippen molar-refractivity contribution in [1.29, 1.82) is 0 Å². The molecule has 180 valence electrons. The first-order valence-electron chi connectivity index (χ1n) is 11.6. The summed E-state index contributed by atoms with van der Waals surface area (Å²) >= 11 is 0. The molecule has 0 fully saturated rings. The fraction of sp³-hybridized carbons (Fsp3) is 0.542. The normalized spacial score (nSPS) is 13.7. The molecule has 0 aliphatic carbocycles. The van der Waals surface area contributed by atoms with Gasteiger partial charge in [0.2, 0.25) is 5.91 Å². The summed E-state index contributed by atoms with van der Waals surface area (Å²) in [4.78, 5) is 44.4. The minimum atomic E-state index is -0.629. The number of H-pyrrole nitrogens is 1. The van der Waals surface area contributed by atoms with Gasteiger partial charge in [-0.2, -0.15) is 0 Å². The lowest BCUT2D eigenvalue weighted by molar-refractivity contribution is -0.120. The van der Waals surface area contributed by atoms with Crippen LogP contribution in [0.2, 0.25) is 0 Å². The van der Waals surface area contributed by atoms with Gasteiger partial charge in [0.1, 0.15) is 11.6 Å². The van der Waals surface area contributed by atoms with Crippen LogP contribution in [-0.2, 0) is 24.3 Å². The van der Waals surface area contributed by atoms with Gasteiger partial charge in [0.05, 0.1) is 13.7 Å². The van der Waals surface area contributed by atoms with Crippen molar-refractivity contribution in [3.05, 3.63) is 50.2 Å². The second kappa shape index (κ2) is 10.7. The number of aromatic nitrogens is 2. The van der Waals surface area contributed by atoms with Gasteiger partial charge in [-0.05, 0) is 42.0 Å². The monoisotopic (exact) mass is 457 g/mol. The van der Waals surface area contributed by atoms with Gasteiger partial charge in [0, 0.05) is 26.2 Å². The fourth-order valence-electron chi connectivity index (χ4n) is 4.19. The van der Waals surface area contributed by atoms with E-state index in [0.29, 0.717) is 26.1 Å². The standard InChI is InChI=1S/C24H35N5O4/c1-5-6-10-28(21-22(25)29(13-16(2)3)24(32)26-23(21)31)20(30)15-27-11-9-17-7-8-19(33-4)12-18(17)14-27/h7-8,12,16H,5-6,9-11,13-15,25H2,1-4H3,(H,26,31,32). The van der Waals surface area contributed by atoms with Crippen molar-refractivity contribution < 1.29 is 9.53 Å². The van der Waals surface area contributed by atoms with E-state index in [-0.39, 0.29) is 29.9 Å². The number of benzene rings is 1. The highest BCUT2D eigenvalue weighted by molar-refractivity contribution is 5.96. The van der Waals surface area contributed by atoms with Gasteiger partial charge >= 0.3 is 5.69 Å². The van der Waals surface area contributed by atoms with Crippen LogP contribution in [0.25, 0.3) is 0 Å². The highest BCUT2D eigenvalue weighted by Crippen LogP contribution is 2.24. The van der Waals surface area contributed by atoms with Crippen LogP contribution in [0.4, 0.5) is 11.5 Å². The van der Waals surface area contributed by atoms with E-state index in [9.17, 15) is 14.4 Å². The molecule has 3 N–H and O–H groups in total. The van der Waals surface area contributed by atoms with Crippen LogP contribution in [0, 0.1) is 5.92 Å². The number of nitrogens with one attached hydrogen (secondary N) is 1. The Hall–Kier alpha value is -3.07. The number of nitrogens with zero attached hydrogens (tertiary/aromatic N) is 3. The molecule has 2 heterocycles. The van der Waals surface area contributed by atoms with Crippen LogP contribution in [0.5, 0.6) is 5.75 Å². The number of anilines is 2. The number of carbonyl (C=O) groups is 1. The largest absolute Gasteiger partial charge is 0.497 e. The van der Waals surface area contributed by atoms with Crippen LogP contribution in [0.3, 0.4) is 0 Å². The summed E-state index contributed by atoms with van der Waals surface area (Å²) in [5, 5.41) is 0. The average Bonchev–Trinajstić information content (AvgIpc) is 2.77. The van der Waals surface area contributed by atoms with Gasteiger partial charge in [-0.15, -0.1) is 0 Å². The lowest BCUT2D eigenvalue weighted by Crippen LogP contribution is -2.46. The molecule has 2 aromatic rings. The van der Waals surface area contributed by atoms with Crippen molar-refractivity contribution in [2.75, 3.05) is 37.4 Å². The lowest BCUT2D eigenvalue weighted by Gasteiger charge is -2.31. The number of methoxy groups -OCH3 is 1. The number of amides is 1. The number of nitrogens with two attached hydrogens (primary N) is 1. The zero-order valence-electron chi connectivity index (χ0n) is 20.0. The topological polar surface area (TPSA) is 114 Å². The zero-order valence-corrected chi connectivity index (χ0v) is 20.0. The van der Waals surface area contributed by atoms with Crippen molar-refractivity contribution in [3.8, 4) is 5.75 Å². The Morgan fingerprint density at radius 3 is 2.70 bits per heavy atom. The van der Waals surface area contributed by atoms with Crippen LogP contribution in [0.15, 0.2) is 27.8 Å². The van der Waals surface area contributed by atoms with Crippen molar-refractivity contribution in [3.63, 3.8) is 0 Å². The van der Waals surface area contributed by atoms with Crippen LogP contribution >= 0.6 is 0 Å². The van der Waals surface area contributed by atoms with E-state index in [1.54, 1.807) is 7.11 Å². The first kappa shape index (κ1) is 24.6. The van der Waals surface area contributed by atoms with E-state index < -0.39 is 11.2 Å². The van der Waals surface area contributed by atoms with Crippen LogP contribution < -0.4 is 26.6 Å². The molecule has 1 aromatic heterocycles. The number of rotatable bonds is 9. The highest BCUT2D eigenvalue weighted by Gasteiger charge is 2.27. The minimum absolute atomic E-state index is 0.0376. The van der Waals surface area contributed by atoms with Gasteiger partial charge in [-0.1, -0.05) is 33.3 Å². The zero-order chi connectivity index (χ0) is 24.1. The van der Waals surface area contributed by atoms with Gasteiger partial charge < -0.3 is 15.4 Å². The lowest BCUT2D eigenvalue weighted by atomic mass is 9.99. The Labute approximate surface area is 194 Å². The van der Waals surface area contributed by atoms with Crippen molar-refractivity contribution in [2.45, 2.75) is 53.1 Å². The average molecular weight is 458 g/mol. The van der Waals surface area contributed by atoms with Crippen molar-refractivity contribution in [2.24, 2.45) is 5.92 Å². The molecule has 1 aliphatic heterocycles. The first-order valence-corrected chi connectivity index (χ1v) is 11.6. The summed E-state index contributed by atoms with van der Waals surface area (Å²) in [6.07, 6.45) is 2.40. The van der Waals surface area contributed by atoms with E-state index in [1.165, 1.54) is 15.0 Å². The summed E-state index contributed by atoms with van der Waals surface area (Å²) in [6.45, 7) is 8.17. The number of hydrogen-bond donors (Lipinski definition) is 2. The summed E-state index contributed by atoms with van der Waals surface area (Å²) < 4.78 is 6.68. The predicted molar refractivity (Wildman–Crippen MR) is 130 cm³/mol. The number of aromatic amines is 1.